The first-order valence-corrected chi connectivity index (χ1v) is 13.7. The normalized spacial score (nSPS) is 38.8. The highest BCUT2D eigenvalue weighted by molar-refractivity contribution is 5.87. The molecule has 0 aliphatic carbocycles. The monoisotopic (exact) mass is 513 g/mol. The van der Waals surface area contributed by atoms with Crippen molar-refractivity contribution in [1.29, 1.82) is 0 Å². The van der Waals surface area contributed by atoms with Crippen LogP contribution in [0.25, 0.3) is 0 Å². The van der Waals surface area contributed by atoms with E-state index in [2.05, 4.69) is 44.0 Å². The van der Waals surface area contributed by atoms with Gasteiger partial charge in [-0.2, -0.15) is 0 Å². The smallest absolute Gasteiger partial charge is 0.243 e. The minimum absolute atomic E-state index is 0.0585. The van der Waals surface area contributed by atoms with Crippen molar-refractivity contribution < 1.29 is 29.2 Å². The SMILES string of the molecule is C=C1CC(C)CC2CC=CC(CC=CC(=O)NC(C(O)C=CC3CC(C)=CCO3)CC3OC3C(O)C1)O2. The molecule has 0 saturated carbocycles. The van der Waals surface area contributed by atoms with Gasteiger partial charge in [-0.3, -0.25) is 4.79 Å². The van der Waals surface area contributed by atoms with Crippen molar-refractivity contribution in [3.8, 4) is 0 Å². The molecule has 7 heteroatoms. The van der Waals surface area contributed by atoms with Crippen molar-refractivity contribution >= 4 is 5.91 Å². The highest BCUT2D eigenvalue weighted by atomic mass is 16.6. The average molecular weight is 514 g/mol. The molecule has 0 spiro atoms. The van der Waals surface area contributed by atoms with Crippen LogP contribution in [0, 0.1) is 5.92 Å². The molecule has 2 bridgehead atoms. The van der Waals surface area contributed by atoms with Crippen LogP contribution < -0.4 is 5.32 Å². The van der Waals surface area contributed by atoms with Crippen LogP contribution in [0.4, 0.5) is 0 Å². The fourth-order valence-electron chi connectivity index (χ4n) is 5.56. The number of epoxide rings is 1. The Morgan fingerprint density at radius 1 is 1.16 bits per heavy atom. The molecule has 0 aromatic carbocycles. The van der Waals surface area contributed by atoms with Gasteiger partial charge < -0.3 is 29.7 Å². The maximum atomic E-state index is 12.8. The molecule has 0 aromatic rings. The molecule has 9 atom stereocenters. The zero-order valence-corrected chi connectivity index (χ0v) is 22.1. The Labute approximate surface area is 220 Å². The number of aliphatic hydroxyl groups is 2. The number of ether oxygens (including phenoxy) is 3. The standard InChI is InChI=1S/C30H43NO6/c1-19-12-13-35-23(15-19)10-11-26(32)25-18-28-30(37-28)27(33)17-21(3)14-20(2)16-24-8-4-6-22(36-24)7-5-9-29(34)31-25/h4-6,9-12,20,22-28,30,32-33H,3,7-8,13-18H2,1-2H3,(H,31,34). The molecule has 7 nitrogen and oxygen atoms in total. The number of nitrogens with one attached hydrogen (secondary N) is 1. The van der Waals surface area contributed by atoms with Crippen LogP contribution >= 0.6 is 0 Å². The minimum Gasteiger partial charge on any atom is -0.390 e. The van der Waals surface area contributed by atoms with Gasteiger partial charge in [-0.25, -0.2) is 0 Å². The molecule has 204 valence electrons. The van der Waals surface area contributed by atoms with Gasteiger partial charge in [-0.15, -0.1) is 0 Å². The second-order valence-electron chi connectivity index (χ2n) is 11.2. The van der Waals surface area contributed by atoms with Crippen LogP contribution in [0.1, 0.15) is 58.8 Å². The van der Waals surface area contributed by atoms with Crippen molar-refractivity contribution in [3.05, 3.63) is 60.3 Å². The molecular formula is C30H43NO6. The molecule has 4 aliphatic rings. The third-order valence-corrected chi connectivity index (χ3v) is 7.57. The molecule has 3 N–H and O–H groups in total. The highest BCUT2D eigenvalue weighted by Crippen LogP contribution is 2.34. The fourth-order valence-corrected chi connectivity index (χ4v) is 5.56. The van der Waals surface area contributed by atoms with Crippen LogP contribution in [0.5, 0.6) is 0 Å². The summed E-state index contributed by atoms with van der Waals surface area (Å²) >= 11 is 0. The number of amides is 1. The number of hydrogen-bond acceptors (Lipinski definition) is 6. The second-order valence-corrected chi connectivity index (χ2v) is 11.2. The van der Waals surface area contributed by atoms with Crippen molar-refractivity contribution in [2.45, 2.75) is 108 Å². The zero-order valence-electron chi connectivity index (χ0n) is 22.1. The van der Waals surface area contributed by atoms with Crippen LogP contribution in [-0.4, -0.2) is 71.5 Å². The van der Waals surface area contributed by atoms with Crippen LogP contribution in [0.3, 0.4) is 0 Å². The summed E-state index contributed by atoms with van der Waals surface area (Å²) in [4.78, 5) is 12.8. The lowest BCUT2D eigenvalue weighted by Crippen LogP contribution is -2.43. The highest BCUT2D eigenvalue weighted by Gasteiger charge is 2.46. The molecule has 37 heavy (non-hydrogen) atoms. The van der Waals surface area contributed by atoms with Crippen molar-refractivity contribution in [3.63, 3.8) is 0 Å². The van der Waals surface area contributed by atoms with E-state index in [1.807, 2.05) is 12.2 Å². The van der Waals surface area contributed by atoms with E-state index in [-0.39, 0.29) is 36.4 Å². The molecule has 4 rings (SSSR count). The van der Waals surface area contributed by atoms with E-state index in [0.717, 1.165) is 31.3 Å². The third kappa shape index (κ3) is 8.76. The maximum absolute atomic E-state index is 12.8. The van der Waals surface area contributed by atoms with Gasteiger partial charge in [0.2, 0.25) is 5.91 Å². The first kappa shape index (κ1) is 28.0. The fraction of sp³-hybridized carbons (Fsp3) is 0.633. The quantitative estimate of drug-likeness (QED) is 0.393. The van der Waals surface area contributed by atoms with Crippen molar-refractivity contribution in [1.82, 2.24) is 5.32 Å². The number of rotatable bonds is 3. The Kier molecular flexibility index (Phi) is 9.96. The van der Waals surface area contributed by atoms with Gasteiger partial charge in [0.15, 0.2) is 0 Å². The summed E-state index contributed by atoms with van der Waals surface area (Å²) in [6.45, 7) is 9.03. The molecule has 1 fully saturated rings. The van der Waals surface area contributed by atoms with E-state index < -0.39 is 18.2 Å². The van der Waals surface area contributed by atoms with E-state index in [0.29, 0.717) is 31.8 Å². The van der Waals surface area contributed by atoms with E-state index in [4.69, 9.17) is 14.2 Å². The van der Waals surface area contributed by atoms with Gasteiger partial charge in [-0.05, 0) is 63.9 Å². The Hall–Kier alpha value is -2.03. The molecule has 1 amide bonds. The lowest BCUT2D eigenvalue weighted by Gasteiger charge is -2.28. The van der Waals surface area contributed by atoms with E-state index >= 15 is 0 Å². The van der Waals surface area contributed by atoms with Crippen molar-refractivity contribution in [2.75, 3.05) is 6.61 Å². The maximum Gasteiger partial charge on any atom is 0.243 e. The number of carbonyl (C=O) groups excluding carboxylic acids is 1. The Balaban J connectivity index is 1.44. The largest absolute Gasteiger partial charge is 0.390 e. The van der Waals surface area contributed by atoms with Gasteiger partial charge in [0, 0.05) is 0 Å². The average Bonchev–Trinajstić information content (AvgIpc) is 3.61. The lowest BCUT2D eigenvalue weighted by atomic mass is 9.90. The summed E-state index contributed by atoms with van der Waals surface area (Å²) in [6.07, 6.45) is 15.9. The molecule has 0 radical (unpaired) electrons. The van der Waals surface area contributed by atoms with Crippen molar-refractivity contribution in [2.24, 2.45) is 5.92 Å². The van der Waals surface area contributed by atoms with E-state index in [1.54, 1.807) is 6.08 Å². The lowest BCUT2D eigenvalue weighted by molar-refractivity contribution is -0.117. The third-order valence-electron chi connectivity index (χ3n) is 7.57. The first-order chi connectivity index (χ1) is 17.8. The summed E-state index contributed by atoms with van der Waals surface area (Å²) in [7, 11) is 0. The van der Waals surface area contributed by atoms with Crippen LogP contribution in [0.2, 0.25) is 0 Å². The first-order valence-electron chi connectivity index (χ1n) is 13.7. The minimum atomic E-state index is -0.916. The van der Waals surface area contributed by atoms with E-state index in [9.17, 15) is 15.0 Å². The second kappa shape index (κ2) is 13.2. The summed E-state index contributed by atoms with van der Waals surface area (Å²) in [5, 5.41) is 24.7. The van der Waals surface area contributed by atoms with Crippen LogP contribution in [0.15, 0.2) is 60.3 Å². The van der Waals surface area contributed by atoms with Gasteiger partial charge in [-0.1, -0.05) is 61.1 Å². The molecule has 4 heterocycles. The Morgan fingerprint density at radius 2 is 2.00 bits per heavy atom. The Morgan fingerprint density at radius 3 is 2.81 bits per heavy atom. The summed E-state index contributed by atoms with van der Waals surface area (Å²) < 4.78 is 17.8. The predicted molar refractivity (Wildman–Crippen MR) is 143 cm³/mol. The Bertz CT molecular complexity index is 923. The van der Waals surface area contributed by atoms with Crippen LogP contribution in [-0.2, 0) is 19.0 Å². The zero-order chi connectivity index (χ0) is 26.4. The molecule has 0 aromatic heterocycles. The number of carbonyl (C=O) groups is 1. The summed E-state index contributed by atoms with van der Waals surface area (Å²) in [5.41, 5.74) is 2.26. The topological polar surface area (TPSA) is 101 Å². The molecule has 1 saturated heterocycles. The van der Waals surface area contributed by atoms with Gasteiger partial charge in [0.25, 0.3) is 0 Å². The number of fused-ring (bicyclic) bond motifs is 3. The molecule has 4 aliphatic heterocycles. The van der Waals surface area contributed by atoms with Gasteiger partial charge >= 0.3 is 0 Å². The van der Waals surface area contributed by atoms with E-state index in [1.165, 1.54) is 11.6 Å². The predicted octanol–water partition coefficient (Wildman–Crippen LogP) is 3.68. The van der Waals surface area contributed by atoms with Gasteiger partial charge in [0.1, 0.15) is 6.10 Å². The molecular weight excluding hydrogens is 470 g/mol. The number of hydrogen-bond donors (Lipinski definition) is 3. The van der Waals surface area contributed by atoms with Gasteiger partial charge in [0.05, 0.1) is 49.3 Å². The summed E-state index contributed by atoms with van der Waals surface area (Å²) in [5.74, 6) is 0.119. The molecule has 9 unspecified atom stereocenters. The summed E-state index contributed by atoms with van der Waals surface area (Å²) in [6, 6.07) is -0.562. The number of aliphatic hydroxyl groups excluding tert-OH is 2.